The number of hydrogen-bond acceptors (Lipinski definition) is 3. The normalized spacial score (nSPS) is 17.3. The number of benzene rings is 2. The highest BCUT2D eigenvalue weighted by Gasteiger charge is 2.27. The Hall–Kier alpha value is -1.95. The molecule has 2 atom stereocenters. The van der Waals surface area contributed by atoms with Gasteiger partial charge in [-0.25, -0.2) is 0 Å². The van der Waals surface area contributed by atoms with E-state index in [1.165, 1.54) is 11.1 Å². The fraction of sp³-hybridized carbons (Fsp3) is 0.381. The molecule has 0 spiro atoms. The Morgan fingerprint density at radius 3 is 2.31 bits per heavy atom. The highest BCUT2D eigenvalue weighted by Crippen LogP contribution is 2.25. The van der Waals surface area contributed by atoms with Gasteiger partial charge in [-0.3, -0.25) is 4.90 Å². The topological polar surface area (TPSA) is 36.5 Å². The maximum absolute atomic E-state index is 5.53. The van der Waals surface area contributed by atoms with Crippen molar-refractivity contribution in [3.05, 3.63) is 71.8 Å². The van der Waals surface area contributed by atoms with E-state index in [0.29, 0.717) is 5.11 Å². The predicted octanol–water partition coefficient (Wildman–Crippen LogP) is 3.11. The van der Waals surface area contributed by atoms with Crippen LogP contribution in [0.2, 0.25) is 0 Å². The second-order valence-electron chi connectivity index (χ2n) is 6.61. The van der Waals surface area contributed by atoms with Crippen LogP contribution in [0.15, 0.2) is 60.7 Å². The molecule has 0 aromatic heterocycles. The van der Waals surface area contributed by atoms with Crippen LogP contribution in [0.1, 0.15) is 24.1 Å². The predicted molar refractivity (Wildman–Crippen MR) is 110 cm³/mol. The maximum Gasteiger partial charge on any atom is 0.166 e. The van der Waals surface area contributed by atoms with Crippen LogP contribution in [0.5, 0.6) is 0 Å². The number of thiocarbonyl (C=S) groups is 1. The molecule has 0 bridgehead atoms. The number of nitrogens with one attached hydrogen (secondary N) is 2. The van der Waals surface area contributed by atoms with Crippen LogP contribution in [-0.4, -0.2) is 42.4 Å². The third-order valence-corrected chi connectivity index (χ3v) is 4.97. The van der Waals surface area contributed by atoms with Gasteiger partial charge in [0.15, 0.2) is 5.11 Å². The number of nitrogens with zero attached hydrogens (tertiary/aromatic N) is 1. The lowest BCUT2D eigenvalue weighted by molar-refractivity contribution is 0.0102. The Labute approximate surface area is 161 Å². The van der Waals surface area contributed by atoms with Gasteiger partial charge in [-0.1, -0.05) is 60.7 Å². The molecule has 0 unspecified atom stereocenters. The van der Waals surface area contributed by atoms with Crippen molar-refractivity contribution < 1.29 is 4.74 Å². The fourth-order valence-electron chi connectivity index (χ4n) is 3.44. The zero-order valence-electron chi connectivity index (χ0n) is 15.2. The highest BCUT2D eigenvalue weighted by molar-refractivity contribution is 7.80. The van der Waals surface area contributed by atoms with Crippen molar-refractivity contribution in [1.82, 2.24) is 15.5 Å². The van der Waals surface area contributed by atoms with Crippen molar-refractivity contribution in [3.8, 4) is 0 Å². The quantitative estimate of drug-likeness (QED) is 0.765. The average molecular weight is 370 g/mol. The summed E-state index contributed by atoms with van der Waals surface area (Å²) in [6.45, 7) is 6.38. The van der Waals surface area contributed by atoms with E-state index in [9.17, 15) is 0 Å². The minimum atomic E-state index is 0.186. The summed E-state index contributed by atoms with van der Waals surface area (Å²) in [6, 6.07) is 21.4. The van der Waals surface area contributed by atoms with Crippen LogP contribution in [0.4, 0.5) is 0 Å². The van der Waals surface area contributed by atoms with E-state index in [0.717, 1.165) is 32.8 Å². The Morgan fingerprint density at radius 1 is 1.04 bits per heavy atom. The molecule has 0 aliphatic carbocycles. The van der Waals surface area contributed by atoms with Gasteiger partial charge in [0.05, 0.1) is 19.3 Å². The van der Waals surface area contributed by atoms with Crippen LogP contribution >= 0.6 is 12.2 Å². The number of rotatable bonds is 6. The minimum absolute atomic E-state index is 0.186. The molecule has 0 amide bonds. The smallest absolute Gasteiger partial charge is 0.166 e. The monoisotopic (exact) mass is 369 g/mol. The number of morpholine rings is 1. The molecular formula is C21H27N3OS. The van der Waals surface area contributed by atoms with Crippen molar-refractivity contribution in [2.75, 3.05) is 26.3 Å². The summed E-state index contributed by atoms with van der Waals surface area (Å²) in [5.41, 5.74) is 2.53. The second-order valence-corrected chi connectivity index (χ2v) is 7.01. The van der Waals surface area contributed by atoms with Crippen molar-refractivity contribution in [1.29, 1.82) is 0 Å². The maximum atomic E-state index is 5.53. The van der Waals surface area contributed by atoms with Crippen LogP contribution in [0.3, 0.4) is 0 Å². The summed E-state index contributed by atoms with van der Waals surface area (Å²) < 4.78 is 5.53. The van der Waals surface area contributed by atoms with Crippen molar-refractivity contribution in [2.45, 2.75) is 25.6 Å². The van der Waals surface area contributed by atoms with Crippen LogP contribution in [-0.2, 0) is 11.3 Å². The van der Waals surface area contributed by atoms with Gasteiger partial charge in [0.2, 0.25) is 0 Å². The van der Waals surface area contributed by atoms with Gasteiger partial charge >= 0.3 is 0 Å². The fourth-order valence-corrected chi connectivity index (χ4v) is 3.69. The first kappa shape index (κ1) is 18.8. The Kier molecular flexibility index (Phi) is 7.00. The molecule has 0 saturated carbocycles. The van der Waals surface area contributed by atoms with Gasteiger partial charge in [0.1, 0.15) is 0 Å². The lowest BCUT2D eigenvalue weighted by Gasteiger charge is -2.38. The lowest BCUT2D eigenvalue weighted by Crippen LogP contribution is -2.50. The minimum Gasteiger partial charge on any atom is -0.379 e. The van der Waals surface area contributed by atoms with Gasteiger partial charge in [0.25, 0.3) is 0 Å². The molecule has 1 heterocycles. The van der Waals surface area contributed by atoms with Crippen LogP contribution in [0, 0.1) is 0 Å². The van der Waals surface area contributed by atoms with Gasteiger partial charge in [-0.15, -0.1) is 0 Å². The van der Waals surface area contributed by atoms with Crippen molar-refractivity contribution >= 4 is 17.3 Å². The van der Waals surface area contributed by atoms with E-state index in [-0.39, 0.29) is 12.1 Å². The van der Waals surface area contributed by atoms with Gasteiger partial charge in [0, 0.05) is 25.7 Å². The zero-order valence-corrected chi connectivity index (χ0v) is 16.0. The molecule has 2 aromatic rings. The molecule has 2 aromatic carbocycles. The number of ether oxygens (including phenoxy) is 1. The molecule has 138 valence electrons. The van der Waals surface area contributed by atoms with E-state index in [1.54, 1.807) is 0 Å². The molecule has 5 heteroatoms. The summed E-state index contributed by atoms with van der Waals surface area (Å²) in [4.78, 5) is 2.48. The third kappa shape index (κ3) is 5.27. The Morgan fingerprint density at radius 2 is 1.65 bits per heavy atom. The highest BCUT2D eigenvalue weighted by atomic mass is 32.1. The molecule has 4 nitrogen and oxygen atoms in total. The van der Waals surface area contributed by atoms with E-state index < -0.39 is 0 Å². The largest absolute Gasteiger partial charge is 0.379 e. The molecule has 3 rings (SSSR count). The van der Waals surface area contributed by atoms with E-state index >= 15 is 0 Å². The van der Waals surface area contributed by atoms with E-state index in [2.05, 4.69) is 64.9 Å². The summed E-state index contributed by atoms with van der Waals surface area (Å²) in [5, 5.41) is 7.49. The molecule has 0 radical (unpaired) electrons. The van der Waals surface area contributed by atoms with Crippen LogP contribution in [0.25, 0.3) is 0 Å². The van der Waals surface area contributed by atoms with Gasteiger partial charge in [-0.2, -0.15) is 0 Å². The lowest BCUT2D eigenvalue weighted by atomic mass is 9.98. The van der Waals surface area contributed by atoms with Gasteiger partial charge < -0.3 is 15.4 Å². The van der Waals surface area contributed by atoms with E-state index in [1.807, 2.05) is 18.2 Å². The van der Waals surface area contributed by atoms with Crippen molar-refractivity contribution in [3.63, 3.8) is 0 Å². The van der Waals surface area contributed by atoms with Crippen LogP contribution < -0.4 is 10.6 Å². The Bertz CT molecular complexity index is 674. The first-order chi connectivity index (χ1) is 12.7. The SMILES string of the molecule is C[C@H](NC(=S)NCc1ccccc1)[C@@H](c1ccccc1)N1CCOCC1. The average Bonchev–Trinajstić information content (AvgIpc) is 2.69. The third-order valence-electron chi connectivity index (χ3n) is 4.71. The molecule has 1 saturated heterocycles. The first-order valence-corrected chi connectivity index (χ1v) is 9.60. The number of hydrogen-bond donors (Lipinski definition) is 2. The summed E-state index contributed by atoms with van der Waals surface area (Å²) >= 11 is 5.53. The summed E-state index contributed by atoms with van der Waals surface area (Å²) in [6.07, 6.45) is 0. The molecule has 26 heavy (non-hydrogen) atoms. The second kappa shape index (κ2) is 9.67. The Balaban J connectivity index is 1.63. The van der Waals surface area contributed by atoms with Crippen molar-refractivity contribution in [2.24, 2.45) is 0 Å². The first-order valence-electron chi connectivity index (χ1n) is 9.19. The van der Waals surface area contributed by atoms with Gasteiger partial charge in [-0.05, 0) is 30.3 Å². The molecule has 1 fully saturated rings. The molecule has 1 aliphatic heterocycles. The molecular weight excluding hydrogens is 342 g/mol. The zero-order chi connectivity index (χ0) is 18.2. The standard InChI is InChI=1S/C21H27N3OS/c1-17(23-21(26)22-16-18-8-4-2-5-9-18)20(19-10-6-3-7-11-19)24-12-14-25-15-13-24/h2-11,17,20H,12-16H2,1H3,(H2,22,23,26)/t17-,20-/m0/s1. The van der Waals surface area contributed by atoms with E-state index in [4.69, 9.17) is 17.0 Å². The molecule has 2 N–H and O–H groups in total. The molecule has 1 aliphatic rings. The summed E-state index contributed by atoms with van der Waals surface area (Å²) in [7, 11) is 0. The summed E-state index contributed by atoms with van der Waals surface area (Å²) in [5.74, 6) is 0.